The van der Waals surface area contributed by atoms with E-state index in [1.165, 1.54) is 7.05 Å². The minimum Gasteiger partial charge on any atom is -0.488 e. The van der Waals surface area contributed by atoms with Crippen LogP contribution in [0.1, 0.15) is 44.7 Å². The van der Waals surface area contributed by atoms with Crippen LogP contribution in [0.2, 0.25) is 0 Å². The van der Waals surface area contributed by atoms with E-state index in [1.807, 2.05) is 78.7 Å². The lowest BCUT2D eigenvalue weighted by Gasteiger charge is -2.32. The van der Waals surface area contributed by atoms with E-state index in [-0.39, 0.29) is 29.5 Å². The molecule has 238 valence electrons. The van der Waals surface area contributed by atoms with Crippen LogP contribution >= 0.6 is 0 Å². The number of hydroxylamine groups is 2. The van der Waals surface area contributed by atoms with Gasteiger partial charge < -0.3 is 20.3 Å². The first-order valence-corrected chi connectivity index (χ1v) is 15.5. The van der Waals surface area contributed by atoms with Gasteiger partial charge in [-0.25, -0.2) is 5.06 Å². The summed E-state index contributed by atoms with van der Waals surface area (Å²) in [6.45, 7) is 3.69. The van der Waals surface area contributed by atoms with E-state index < -0.39 is 5.91 Å². The van der Waals surface area contributed by atoms with Crippen molar-refractivity contribution in [2.24, 2.45) is 0 Å². The van der Waals surface area contributed by atoms with E-state index >= 15 is 0 Å². The lowest BCUT2D eigenvalue weighted by molar-refractivity contribution is -0.135. The zero-order valence-corrected chi connectivity index (χ0v) is 26.4. The first kappa shape index (κ1) is 32.4. The number of likely N-dealkylation sites (N-methyl/N-ethyl adjacent to an activating group) is 1. The number of hydrogen-bond donors (Lipinski definition) is 1. The number of amides is 2. The molecule has 2 N–H and O–H groups in total. The molecule has 1 heterocycles. The number of carbonyl (C=O) groups is 3. The fraction of sp³-hybridized carbons (Fsp3) is 0.270. The Hall–Kier alpha value is -4.99. The van der Waals surface area contributed by atoms with E-state index in [0.29, 0.717) is 47.5 Å². The van der Waals surface area contributed by atoms with Gasteiger partial charge in [0, 0.05) is 50.8 Å². The molecule has 9 heteroatoms. The number of anilines is 1. The Kier molecular flexibility index (Phi) is 10.8. The molecule has 1 aliphatic heterocycles. The van der Waals surface area contributed by atoms with Crippen LogP contribution in [0.3, 0.4) is 0 Å². The van der Waals surface area contributed by atoms with Crippen molar-refractivity contribution in [3.8, 4) is 16.9 Å². The average molecular weight is 621 g/mol. The Labute approximate surface area is 270 Å². The van der Waals surface area contributed by atoms with Crippen LogP contribution in [0.15, 0.2) is 97.1 Å². The molecule has 0 atom stereocenters. The highest BCUT2D eigenvalue weighted by molar-refractivity contribution is 6.17. The molecule has 1 aliphatic rings. The van der Waals surface area contributed by atoms with Gasteiger partial charge >= 0.3 is 0 Å². The molecule has 9 nitrogen and oxygen atoms in total. The Bertz CT molecular complexity index is 1650. The summed E-state index contributed by atoms with van der Waals surface area (Å²) in [5.41, 5.74) is 9.95. The largest absolute Gasteiger partial charge is 0.488 e. The van der Waals surface area contributed by atoms with Crippen molar-refractivity contribution in [3.63, 3.8) is 0 Å². The van der Waals surface area contributed by atoms with E-state index in [9.17, 15) is 14.4 Å². The van der Waals surface area contributed by atoms with Gasteiger partial charge in [0.15, 0.2) is 5.78 Å². The number of benzene rings is 4. The summed E-state index contributed by atoms with van der Waals surface area (Å²) in [6.07, 6.45) is 0.830. The number of piperazine rings is 1. The number of ketones is 1. The molecule has 5 rings (SSSR count). The smallest absolute Gasteiger partial charge is 0.277 e. The highest BCUT2D eigenvalue weighted by Crippen LogP contribution is 2.35. The van der Waals surface area contributed by atoms with Gasteiger partial charge in [0.05, 0.1) is 23.4 Å². The molecule has 2 amide bonds. The van der Waals surface area contributed by atoms with E-state index in [2.05, 4.69) is 4.90 Å². The molecule has 0 aromatic heterocycles. The van der Waals surface area contributed by atoms with Crippen LogP contribution in [0.25, 0.3) is 11.1 Å². The summed E-state index contributed by atoms with van der Waals surface area (Å²) in [5, 5.41) is 1.16. The maximum absolute atomic E-state index is 13.9. The standard InChI is InChI=1S/C37H40N4O5/c1-39-21-23-41(24-22-39)33(42)18-11-25-46-40(2)37(44)30-19-20-31(35(38)34(30)28-14-7-4-8-15-28)36(43)29-16-9-10-17-32(29)45-26-27-12-5-3-6-13-27/h3-10,12-17,19-20H,11,18,21-26,38H2,1-2H3. The summed E-state index contributed by atoms with van der Waals surface area (Å²) in [5.74, 6) is -0.193. The SMILES string of the molecule is CN1CCN(C(=O)CCCON(C)C(=O)c2ccc(C(=O)c3ccccc3OCc3ccccc3)c(N)c2-c2ccccc2)CC1. The number of para-hydroxylation sites is 1. The maximum atomic E-state index is 13.9. The fourth-order valence-corrected chi connectivity index (χ4v) is 5.44. The third kappa shape index (κ3) is 7.80. The van der Waals surface area contributed by atoms with Crippen LogP contribution in [-0.4, -0.2) is 79.3 Å². The summed E-state index contributed by atoms with van der Waals surface area (Å²) >= 11 is 0. The molecule has 0 saturated carbocycles. The molecule has 46 heavy (non-hydrogen) atoms. The molecule has 0 radical (unpaired) electrons. The number of nitrogen functional groups attached to an aromatic ring is 1. The number of ether oxygens (including phenoxy) is 1. The van der Waals surface area contributed by atoms with Crippen LogP contribution in [0.5, 0.6) is 5.75 Å². The number of carbonyl (C=O) groups excluding carboxylic acids is 3. The Morgan fingerprint density at radius 2 is 1.41 bits per heavy atom. The predicted octanol–water partition coefficient (Wildman–Crippen LogP) is 5.30. The molecule has 4 aromatic carbocycles. The van der Waals surface area contributed by atoms with Gasteiger partial charge in [0.25, 0.3) is 5.91 Å². The highest BCUT2D eigenvalue weighted by atomic mass is 16.7. The quantitative estimate of drug-likeness (QED) is 0.0992. The van der Waals surface area contributed by atoms with Crippen molar-refractivity contribution < 1.29 is 24.0 Å². The zero-order chi connectivity index (χ0) is 32.5. The highest BCUT2D eigenvalue weighted by Gasteiger charge is 2.26. The first-order valence-electron chi connectivity index (χ1n) is 15.5. The third-order valence-corrected chi connectivity index (χ3v) is 8.11. The minimum absolute atomic E-state index is 0.0945. The van der Waals surface area contributed by atoms with Gasteiger partial charge in [-0.15, -0.1) is 0 Å². The Balaban J connectivity index is 1.32. The molecule has 1 fully saturated rings. The summed E-state index contributed by atoms with van der Waals surface area (Å²) in [4.78, 5) is 50.0. The van der Waals surface area contributed by atoms with Crippen LogP contribution in [-0.2, 0) is 16.2 Å². The van der Waals surface area contributed by atoms with Gasteiger partial charge in [-0.05, 0) is 48.9 Å². The molecular formula is C37H40N4O5. The summed E-state index contributed by atoms with van der Waals surface area (Å²) < 4.78 is 6.05. The average Bonchev–Trinajstić information content (AvgIpc) is 3.09. The molecule has 4 aromatic rings. The minimum atomic E-state index is -0.415. The monoisotopic (exact) mass is 620 g/mol. The second kappa shape index (κ2) is 15.3. The fourth-order valence-electron chi connectivity index (χ4n) is 5.44. The Morgan fingerprint density at radius 3 is 2.13 bits per heavy atom. The second-order valence-corrected chi connectivity index (χ2v) is 11.3. The number of nitrogens with zero attached hydrogens (tertiary/aromatic N) is 3. The van der Waals surface area contributed by atoms with Crippen LogP contribution in [0.4, 0.5) is 5.69 Å². The van der Waals surface area contributed by atoms with E-state index in [1.54, 1.807) is 30.3 Å². The van der Waals surface area contributed by atoms with Crippen molar-refractivity contribution in [1.82, 2.24) is 14.9 Å². The molecular weight excluding hydrogens is 580 g/mol. The molecule has 0 bridgehead atoms. The Morgan fingerprint density at radius 1 is 0.783 bits per heavy atom. The first-order chi connectivity index (χ1) is 22.3. The van der Waals surface area contributed by atoms with Crippen LogP contribution < -0.4 is 10.5 Å². The molecule has 1 saturated heterocycles. The lowest BCUT2D eigenvalue weighted by Crippen LogP contribution is -2.47. The number of hydrogen-bond acceptors (Lipinski definition) is 7. The number of rotatable bonds is 12. The van der Waals surface area contributed by atoms with Crippen molar-refractivity contribution in [3.05, 3.63) is 119 Å². The normalized spacial score (nSPS) is 13.3. The van der Waals surface area contributed by atoms with Gasteiger partial charge in [-0.3, -0.25) is 19.2 Å². The van der Waals surface area contributed by atoms with Crippen molar-refractivity contribution in [1.29, 1.82) is 0 Å². The lowest BCUT2D eigenvalue weighted by atomic mass is 9.91. The van der Waals surface area contributed by atoms with Gasteiger partial charge in [0.1, 0.15) is 12.4 Å². The van der Waals surface area contributed by atoms with Crippen molar-refractivity contribution in [2.45, 2.75) is 19.4 Å². The van der Waals surface area contributed by atoms with Crippen LogP contribution in [0, 0.1) is 0 Å². The van der Waals surface area contributed by atoms with E-state index in [0.717, 1.165) is 36.8 Å². The van der Waals surface area contributed by atoms with Crippen molar-refractivity contribution in [2.75, 3.05) is 52.6 Å². The summed E-state index contributed by atoms with van der Waals surface area (Å²) in [6, 6.07) is 29.2. The topological polar surface area (TPSA) is 105 Å². The molecule has 0 aliphatic carbocycles. The van der Waals surface area contributed by atoms with E-state index in [4.69, 9.17) is 15.3 Å². The van der Waals surface area contributed by atoms with Gasteiger partial charge in [0.2, 0.25) is 5.91 Å². The molecule has 0 unspecified atom stereocenters. The predicted molar refractivity (Wildman–Crippen MR) is 178 cm³/mol. The maximum Gasteiger partial charge on any atom is 0.277 e. The van der Waals surface area contributed by atoms with Gasteiger partial charge in [-0.2, -0.15) is 0 Å². The zero-order valence-electron chi connectivity index (χ0n) is 26.4. The third-order valence-electron chi connectivity index (χ3n) is 8.11. The molecule has 0 spiro atoms. The second-order valence-electron chi connectivity index (χ2n) is 11.3. The van der Waals surface area contributed by atoms with Crippen molar-refractivity contribution >= 4 is 23.3 Å². The number of nitrogens with two attached hydrogens (primary N) is 1. The summed E-state index contributed by atoms with van der Waals surface area (Å²) in [7, 11) is 3.59. The van der Waals surface area contributed by atoms with Gasteiger partial charge in [-0.1, -0.05) is 72.8 Å².